The van der Waals surface area contributed by atoms with E-state index < -0.39 is 34.9 Å². The normalized spacial score (nSPS) is 12.7. The second-order valence-electron chi connectivity index (χ2n) is 3.64. The zero-order valence-electron chi connectivity index (χ0n) is 9.25. The number of rotatable bonds is 1. The number of aromatic amines is 1. The van der Waals surface area contributed by atoms with E-state index in [1.54, 1.807) is 0 Å². The summed E-state index contributed by atoms with van der Waals surface area (Å²) in [4.78, 5) is 11.1. The van der Waals surface area contributed by atoms with Crippen LogP contribution in [0.5, 0.6) is 0 Å². The Kier molecular flexibility index (Phi) is 3.07. The molecule has 0 unspecified atom stereocenters. The average molecular weight is 298 g/mol. The number of H-pyrrole nitrogens is 1. The summed E-state index contributed by atoms with van der Waals surface area (Å²) < 4.78 is 76.0. The van der Waals surface area contributed by atoms with Crippen LogP contribution in [0.1, 0.15) is 11.1 Å². The van der Waals surface area contributed by atoms with Gasteiger partial charge in [0.25, 0.3) is 0 Å². The molecule has 20 heavy (non-hydrogen) atoms. The topological polar surface area (TPSA) is 63.6 Å². The Morgan fingerprint density at radius 2 is 1.60 bits per heavy atom. The van der Waals surface area contributed by atoms with Gasteiger partial charge in [-0.1, -0.05) is 0 Å². The van der Waals surface area contributed by atoms with Crippen LogP contribution in [0.25, 0.3) is 5.69 Å². The van der Waals surface area contributed by atoms with Crippen molar-refractivity contribution in [1.29, 1.82) is 0 Å². The summed E-state index contributed by atoms with van der Waals surface area (Å²) in [6.45, 7) is 0. The molecule has 1 heterocycles. The van der Waals surface area contributed by atoms with Crippen LogP contribution in [-0.2, 0) is 12.4 Å². The van der Waals surface area contributed by atoms with Gasteiger partial charge in [0.15, 0.2) is 0 Å². The molecule has 2 aromatic rings. The molecular formula is C9H4F6N4O. The van der Waals surface area contributed by atoms with Crippen molar-refractivity contribution in [3.05, 3.63) is 39.8 Å². The Labute approximate surface area is 105 Å². The van der Waals surface area contributed by atoms with Crippen molar-refractivity contribution in [2.24, 2.45) is 0 Å². The molecule has 1 aromatic heterocycles. The molecule has 0 aliphatic heterocycles. The molecule has 0 aliphatic rings. The molecule has 0 atom stereocenters. The molecule has 5 nitrogen and oxygen atoms in total. The molecule has 1 N–H and O–H groups in total. The van der Waals surface area contributed by atoms with Crippen molar-refractivity contribution < 1.29 is 26.3 Å². The Morgan fingerprint density at radius 3 is 2.05 bits per heavy atom. The third-order valence-electron chi connectivity index (χ3n) is 2.33. The van der Waals surface area contributed by atoms with Gasteiger partial charge >= 0.3 is 18.0 Å². The number of tetrazole rings is 1. The number of hydrogen-bond acceptors (Lipinski definition) is 3. The standard InChI is InChI=1S/C9H4F6N4O/c10-8(11,12)5-2-1-4(3-6(5)9(13,14)15)19-7(20)16-17-18-19/h1-3H,(H,16,18,20). The Balaban J connectivity index is 2.68. The number of aromatic nitrogens is 4. The first kappa shape index (κ1) is 14.1. The molecule has 0 saturated heterocycles. The predicted octanol–water partition coefficient (Wildman–Crippen LogP) is 1.99. The van der Waals surface area contributed by atoms with Crippen molar-refractivity contribution in [3.63, 3.8) is 0 Å². The van der Waals surface area contributed by atoms with Gasteiger partial charge in [-0.25, -0.2) is 9.89 Å². The van der Waals surface area contributed by atoms with Crippen molar-refractivity contribution in [1.82, 2.24) is 20.2 Å². The summed E-state index contributed by atoms with van der Waals surface area (Å²) in [6.07, 6.45) is -10.4. The summed E-state index contributed by atoms with van der Waals surface area (Å²) in [6, 6.07) is 1.12. The summed E-state index contributed by atoms with van der Waals surface area (Å²) in [7, 11) is 0. The van der Waals surface area contributed by atoms with Crippen molar-refractivity contribution >= 4 is 0 Å². The molecule has 0 fully saturated rings. The SMILES string of the molecule is O=c1[nH]nnn1-c1ccc(C(F)(F)F)c(C(F)(F)F)c1. The van der Waals surface area contributed by atoms with E-state index in [0.717, 1.165) is 0 Å². The lowest BCUT2D eigenvalue weighted by atomic mass is 10.1. The molecule has 1 aromatic carbocycles. The molecule has 0 bridgehead atoms. The van der Waals surface area contributed by atoms with Gasteiger partial charge in [-0.2, -0.15) is 31.0 Å². The highest BCUT2D eigenvalue weighted by Crippen LogP contribution is 2.40. The van der Waals surface area contributed by atoms with E-state index in [1.165, 1.54) is 0 Å². The van der Waals surface area contributed by atoms with Crippen LogP contribution < -0.4 is 5.69 Å². The summed E-state index contributed by atoms with van der Waals surface area (Å²) >= 11 is 0. The fourth-order valence-corrected chi connectivity index (χ4v) is 1.51. The maximum atomic E-state index is 12.7. The smallest absolute Gasteiger partial charge is 0.244 e. The first-order valence-electron chi connectivity index (χ1n) is 4.90. The third-order valence-corrected chi connectivity index (χ3v) is 2.33. The highest BCUT2D eigenvalue weighted by Gasteiger charge is 2.43. The van der Waals surface area contributed by atoms with Crippen LogP contribution >= 0.6 is 0 Å². The van der Waals surface area contributed by atoms with Gasteiger partial charge in [-0.05, 0) is 28.6 Å². The van der Waals surface area contributed by atoms with E-state index in [2.05, 4.69) is 10.4 Å². The molecule has 0 radical (unpaired) electrons. The number of nitrogens with zero attached hydrogens (tertiary/aromatic N) is 3. The van der Waals surface area contributed by atoms with E-state index in [-0.39, 0.29) is 12.1 Å². The molecule has 0 aliphatic carbocycles. The monoisotopic (exact) mass is 298 g/mol. The van der Waals surface area contributed by atoms with Crippen LogP contribution in [0.2, 0.25) is 0 Å². The summed E-state index contributed by atoms with van der Waals surface area (Å²) in [5.74, 6) is 0. The van der Waals surface area contributed by atoms with Crippen LogP contribution in [0.4, 0.5) is 26.3 Å². The highest BCUT2D eigenvalue weighted by molar-refractivity contribution is 5.42. The quantitative estimate of drug-likeness (QED) is 0.819. The first-order chi connectivity index (χ1) is 9.10. The Morgan fingerprint density at radius 1 is 1.00 bits per heavy atom. The third kappa shape index (κ3) is 2.51. The predicted molar refractivity (Wildman–Crippen MR) is 52.0 cm³/mol. The van der Waals surface area contributed by atoms with Crippen LogP contribution in [0.15, 0.2) is 23.0 Å². The lowest BCUT2D eigenvalue weighted by Gasteiger charge is -2.16. The minimum atomic E-state index is -5.23. The molecule has 0 amide bonds. The lowest BCUT2D eigenvalue weighted by molar-refractivity contribution is -0.162. The number of benzene rings is 1. The number of alkyl halides is 6. The van der Waals surface area contributed by atoms with Crippen molar-refractivity contribution in [2.75, 3.05) is 0 Å². The minimum absolute atomic E-state index is 0.187. The fourth-order valence-electron chi connectivity index (χ4n) is 1.51. The summed E-state index contributed by atoms with van der Waals surface area (Å²) in [5, 5.41) is 8.00. The van der Waals surface area contributed by atoms with Crippen molar-refractivity contribution in [2.45, 2.75) is 12.4 Å². The zero-order valence-corrected chi connectivity index (χ0v) is 9.25. The van der Waals surface area contributed by atoms with E-state index >= 15 is 0 Å². The van der Waals surface area contributed by atoms with Gasteiger partial charge in [-0.15, -0.1) is 0 Å². The molecule has 0 spiro atoms. The number of nitrogens with one attached hydrogen (secondary N) is 1. The van der Waals surface area contributed by atoms with Crippen molar-refractivity contribution in [3.8, 4) is 5.69 Å². The van der Waals surface area contributed by atoms with E-state index in [4.69, 9.17) is 0 Å². The van der Waals surface area contributed by atoms with Gasteiger partial charge in [0, 0.05) is 0 Å². The van der Waals surface area contributed by atoms with E-state index in [0.29, 0.717) is 10.7 Å². The van der Waals surface area contributed by atoms with Gasteiger partial charge in [0.2, 0.25) is 0 Å². The molecule has 2 rings (SSSR count). The Bertz CT molecular complexity index is 683. The summed E-state index contributed by atoms with van der Waals surface area (Å²) in [5.41, 5.74) is -5.20. The van der Waals surface area contributed by atoms with Crippen LogP contribution in [0, 0.1) is 0 Å². The first-order valence-corrected chi connectivity index (χ1v) is 4.90. The van der Waals surface area contributed by atoms with Gasteiger partial charge in [0.05, 0.1) is 16.8 Å². The fraction of sp³-hybridized carbons (Fsp3) is 0.222. The van der Waals surface area contributed by atoms with Crippen LogP contribution in [-0.4, -0.2) is 20.2 Å². The van der Waals surface area contributed by atoms with E-state index in [9.17, 15) is 31.1 Å². The number of hydrogen-bond donors (Lipinski definition) is 1. The number of halogens is 6. The Hall–Kier alpha value is -2.33. The van der Waals surface area contributed by atoms with Crippen LogP contribution in [0.3, 0.4) is 0 Å². The molecule has 11 heteroatoms. The largest absolute Gasteiger partial charge is 0.417 e. The second-order valence-corrected chi connectivity index (χ2v) is 3.64. The molecule has 108 valence electrons. The lowest BCUT2D eigenvalue weighted by Crippen LogP contribution is -2.20. The highest BCUT2D eigenvalue weighted by atomic mass is 19.4. The molecular weight excluding hydrogens is 294 g/mol. The van der Waals surface area contributed by atoms with Gasteiger partial charge < -0.3 is 0 Å². The zero-order chi connectivity index (χ0) is 15.1. The second kappa shape index (κ2) is 4.35. The average Bonchev–Trinajstić information content (AvgIpc) is 2.72. The maximum Gasteiger partial charge on any atom is 0.417 e. The molecule has 0 saturated carbocycles. The van der Waals surface area contributed by atoms with Gasteiger partial charge in [-0.3, -0.25) is 0 Å². The van der Waals surface area contributed by atoms with Gasteiger partial charge in [0.1, 0.15) is 0 Å². The minimum Gasteiger partial charge on any atom is -0.244 e. The maximum absolute atomic E-state index is 12.7. The van der Waals surface area contributed by atoms with E-state index in [1.807, 2.05) is 5.10 Å².